The average molecular weight is 495 g/mol. The van der Waals surface area contributed by atoms with Crippen LogP contribution in [0.2, 0.25) is 5.02 Å². The first-order valence-electron chi connectivity index (χ1n) is 10.9. The minimum Gasteiger partial charge on any atom is -0.494 e. The van der Waals surface area contributed by atoms with E-state index in [1.165, 1.54) is 18.2 Å². The van der Waals surface area contributed by atoms with Gasteiger partial charge in [0.15, 0.2) is 6.29 Å². The Morgan fingerprint density at radius 1 is 1.12 bits per heavy atom. The van der Waals surface area contributed by atoms with Gasteiger partial charge in [-0.05, 0) is 62.2 Å². The van der Waals surface area contributed by atoms with E-state index in [0.717, 1.165) is 12.8 Å². The number of carbonyl (C=O) groups is 1. The smallest absolute Gasteiger partial charge is 0.261 e. The van der Waals surface area contributed by atoms with Crippen molar-refractivity contribution in [1.82, 2.24) is 4.90 Å². The fourth-order valence-electron chi connectivity index (χ4n) is 4.03. The maximum atomic E-state index is 13.1. The van der Waals surface area contributed by atoms with Crippen molar-refractivity contribution >= 4 is 33.2 Å². The molecule has 0 atom stereocenters. The summed E-state index contributed by atoms with van der Waals surface area (Å²) in [6.45, 7) is 4.66. The molecule has 1 N–H and O–H groups in total. The normalized spacial score (nSPS) is 17.8. The van der Waals surface area contributed by atoms with Gasteiger partial charge in [-0.15, -0.1) is 0 Å². The summed E-state index contributed by atoms with van der Waals surface area (Å²) in [4.78, 5) is 14.8. The van der Waals surface area contributed by atoms with Crippen LogP contribution in [0, 0.1) is 5.92 Å². The lowest BCUT2D eigenvalue weighted by molar-refractivity contribution is -0.0956. The Balaban J connectivity index is 1.45. The van der Waals surface area contributed by atoms with Crippen LogP contribution in [-0.2, 0) is 19.5 Å². The molecule has 2 saturated heterocycles. The molecular weight excluding hydrogens is 468 g/mol. The van der Waals surface area contributed by atoms with Crippen LogP contribution >= 0.6 is 11.6 Å². The van der Waals surface area contributed by atoms with E-state index in [-0.39, 0.29) is 33.6 Å². The third-order valence-electron chi connectivity index (χ3n) is 5.76. The van der Waals surface area contributed by atoms with Gasteiger partial charge in [-0.3, -0.25) is 9.52 Å². The molecule has 8 nitrogen and oxygen atoms in total. The van der Waals surface area contributed by atoms with Gasteiger partial charge < -0.3 is 19.1 Å². The Hall–Kier alpha value is -2.33. The minimum absolute atomic E-state index is 0.0354. The Morgan fingerprint density at radius 3 is 2.42 bits per heavy atom. The predicted molar refractivity (Wildman–Crippen MR) is 124 cm³/mol. The number of anilines is 1. The molecule has 2 aromatic carbocycles. The first kappa shape index (κ1) is 23.8. The highest BCUT2D eigenvalue weighted by Crippen LogP contribution is 2.29. The van der Waals surface area contributed by atoms with E-state index in [2.05, 4.69) is 4.72 Å². The van der Waals surface area contributed by atoms with Crippen LogP contribution in [-0.4, -0.2) is 58.4 Å². The van der Waals surface area contributed by atoms with Crippen LogP contribution in [0.4, 0.5) is 5.69 Å². The maximum absolute atomic E-state index is 13.1. The van der Waals surface area contributed by atoms with E-state index < -0.39 is 10.0 Å². The number of halogens is 1. The average Bonchev–Trinajstić information content (AvgIpc) is 3.35. The van der Waals surface area contributed by atoms with E-state index in [0.29, 0.717) is 44.3 Å². The summed E-state index contributed by atoms with van der Waals surface area (Å²) in [7, 11) is -3.92. The zero-order valence-corrected chi connectivity index (χ0v) is 19.9. The quantitative estimate of drug-likeness (QED) is 0.629. The SMILES string of the molecule is CCOc1ccc(NS(=O)(=O)c2ccc(Cl)c(C(=O)N3CCC(C4OCCO4)CC3)c2)cc1. The second kappa shape index (κ2) is 10.3. The van der Waals surface area contributed by atoms with Crippen molar-refractivity contribution in [3.05, 3.63) is 53.1 Å². The molecule has 2 aliphatic rings. The minimum atomic E-state index is -3.92. The summed E-state index contributed by atoms with van der Waals surface area (Å²) in [5, 5.41) is 0.213. The molecule has 33 heavy (non-hydrogen) atoms. The van der Waals surface area contributed by atoms with Crippen molar-refractivity contribution in [2.45, 2.75) is 31.0 Å². The molecule has 0 unspecified atom stereocenters. The zero-order valence-electron chi connectivity index (χ0n) is 18.3. The van der Waals surface area contributed by atoms with Crippen LogP contribution in [0.25, 0.3) is 0 Å². The van der Waals surface area contributed by atoms with E-state index >= 15 is 0 Å². The second-order valence-corrected chi connectivity index (χ2v) is 10.0. The first-order chi connectivity index (χ1) is 15.9. The van der Waals surface area contributed by atoms with E-state index in [1.807, 2.05) is 6.92 Å². The van der Waals surface area contributed by atoms with Crippen molar-refractivity contribution in [2.75, 3.05) is 37.6 Å². The van der Waals surface area contributed by atoms with Gasteiger partial charge in [0.1, 0.15) is 5.75 Å². The molecule has 0 bridgehead atoms. The van der Waals surface area contributed by atoms with Gasteiger partial charge in [0, 0.05) is 24.7 Å². The number of piperidine rings is 1. The van der Waals surface area contributed by atoms with Crippen LogP contribution in [0.15, 0.2) is 47.4 Å². The van der Waals surface area contributed by atoms with E-state index in [4.69, 9.17) is 25.8 Å². The van der Waals surface area contributed by atoms with Gasteiger partial charge in [-0.25, -0.2) is 8.42 Å². The number of amides is 1. The lowest BCUT2D eigenvalue weighted by atomic mass is 9.95. The fourth-order valence-corrected chi connectivity index (χ4v) is 5.31. The molecular formula is C23H27ClN2O6S. The summed E-state index contributed by atoms with van der Waals surface area (Å²) in [6, 6.07) is 10.8. The predicted octanol–water partition coefficient (Wildman–Crippen LogP) is 3.76. The number of carbonyl (C=O) groups excluding carboxylic acids is 1. The van der Waals surface area contributed by atoms with E-state index in [1.54, 1.807) is 29.2 Å². The number of sulfonamides is 1. The van der Waals surface area contributed by atoms with Crippen molar-refractivity contribution < 1.29 is 27.4 Å². The second-order valence-electron chi connectivity index (χ2n) is 7.94. The number of nitrogens with one attached hydrogen (secondary N) is 1. The largest absolute Gasteiger partial charge is 0.494 e. The van der Waals surface area contributed by atoms with Crippen LogP contribution < -0.4 is 9.46 Å². The zero-order chi connectivity index (χ0) is 23.4. The van der Waals surface area contributed by atoms with Gasteiger partial charge in [0.05, 0.1) is 35.3 Å². The topological polar surface area (TPSA) is 94.2 Å². The molecule has 0 radical (unpaired) electrons. The highest BCUT2D eigenvalue weighted by molar-refractivity contribution is 7.92. The molecule has 178 valence electrons. The summed E-state index contributed by atoms with van der Waals surface area (Å²) in [5.74, 6) is 0.608. The van der Waals surface area contributed by atoms with Crippen molar-refractivity contribution in [2.24, 2.45) is 5.92 Å². The fraction of sp³-hybridized carbons (Fsp3) is 0.435. The van der Waals surface area contributed by atoms with Crippen LogP contribution in [0.1, 0.15) is 30.1 Å². The lowest BCUT2D eigenvalue weighted by Crippen LogP contribution is -2.41. The third-order valence-corrected chi connectivity index (χ3v) is 7.46. The molecule has 0 spiro atoms. The number of rotatable bonds is 7. The molecule has 4 rings (SSSR count). The van der Waals surface area contributed by atoms with Crippen molar-refractivity contribution in [3.8, 4) is 5.75 Å². The van der Waals surface area contributed by atoms with E-state index in [9.17, 15) is 13.2 Å². The van der Waals surface area contributed by atoms with Gasteiger partial charge in [0.25, 0.3) is 15.9 Å². The number of nitrogens with zero attached hydrogens (tertiary/aromatic N) is 1. The molecule has 1 amide bonds. The number of likely N-dealkylation sites (tertiary alicyclic amines) is 1. The van der Waals surface area contributed by atoms with Crippen molar-refractivity contribution in [3.63, 3.8) is 0 Å². The highest BCUT2D eigenvalue weighted by atomic mass is 35.5. The molecule has 2 aliphatic heterocycles. The monoisotopic (exact) mass is 494 g/mol. The van der Waals surface area contributed by atoms with Crippen LogP contribution in [0.3, 0.4) is 0 Å². The molecule has 0 aromatic heterocycles. The molecule has 10 heteroatoms. The Morgan fingerprint density at radius 2 is 1.79 bits per heavy atom. The van der Waals surface area contributed by atoms with Gasteiger partial charge in [-0.1, -0.05) is 11.6 Å². The summed E-state index contributed by atoms with van der Waals surface area (Å²) >= 11 is 6.28. The van der Waals surface area contributed by atoms with Gasteiger partial charge in [-0.2, -0.15) is 0 Å². The standard InChI is InChI=1S/C23H27ClN2O6S/c1-2-30-18-5-3-17(4-6-18)25-33(28,29)19-7-8-21(24)20(15-19)22(27)26-11-9-16(10-12-26)23-31-13-14-32-23/h3-8,15-16,23,25H,2,9-14H2,1H3. The molecule has 2 heterocycles. The third kappa shape index (κ3) is 5.60. The Labute approximate surface area is 198 Å². The Kier molecular flexibility index (Phi) is 7.43. The molecule has 0 aliphatic carbocycles. The number of hydrogen-bond donors (Lipinski definition) is 1. The molecule has 2 aromatic rings. The summed E-state index contributed by atoms with van der Waals surface area (Å²) < 4.78 is 44.9. The first-order valence-corrected chi connectivity index (χ1v) is 12.8. The van der Waals surface area contributed by atoms with Crippen molar-refractivity contribution in [1.29, 1.82) is 0 Å². The molecule has 0 saturated carbocycles. The highest BCUT2D eigenvalue weighted by Gasteiger charge is 2.32. The molecule has 2 fully saturated rings. The Bertz CT molecular complexity index is 1080. The summed E-state index contributed by atoms with van der Waals surface area (Å²) in [6.07, 6.45) is 1.31. The maximum Gasteiger partial charge on any atom is 0.261 e. The van der Waals surface area contributed by atoms with Gasteiger partial charge >= 0.3 is 0 Å². The lowest BCUT2D eigenvalue weighted by Gasteiger charge is -2.34. The number of hydrogen-bond acceptors (Lipinski definition) is 6. The summed E-state index contributed by atoms with van der Waals surface area (Å²) in [5.41, 5.74) is 0.553. The number of ether oxygens (including phenoxy) is 3. The number of benzene rings is 2. The van der Waals surface area contributed by atoms with Crippen LogP contribution in [0.5, 0.6) is 5.75 Å². The van der Waals surface area contributed by atoms with Gasteiger partial charge in [0.2, 0.25) is 0 Å².